The van der Waals surface area contributed by atoms with E-state index in [1.807, 2.05) is 30.3 Å². The topological polar surface area (TPSA) is 92.5 Å². The molecule has 0 unspecified atom stereocenters. The first-order valence-corrected chi connectivity index (χ1v) is 10.5. The lowest BCUT2D eigenvalue weighted by molar-refractivity contribution is 0.102. The number of nitrogens with zero attached hydrogens (tertiary/aromatic N) is 2. The van der Waals surface area contributed by atoms with Gasteiger partial charge in [0.15, 0.2) is 5.82 Å². The summed E-state index contributed by atoms with van der Waals surface area (Å²) in [6.07, 6.45) is 0.611. The number of likely N-dealkylation sites (N-methyl/N-ethyl adjacent to an activating group) is 1. The molecule has 0 aliphatic heterocycles. The number of anilines is 1. The Morgan fingerprint density at radius 3 is 2.67 bits per heavy atom. The highest BCUT2D eigenvalue weighted by atomic mass is 32.2. The first kappa shape index (κ1) is 19.3. The van der Waals surface area contributed by atoms with E-state index in [2.05, 4.69) is 10.5 Å². The molecule has 1 N–H and O–H groups in total. The first-order valence-electron chi connectivity index (χ1n) is 8.20. The van der Waals surface area contributed by atoms with E-state index in [1.165, 1.54) is 22.8 Å². The van der Waals surface area contributed by atoms with Crippen molar-refractivity contribution in [3.63, 3.8) is 0 Å². The summed E-state index contributed by atoms with van der Waals surface area (Å²) < 4.78 is 31.6. The molecule has 0 atom stereocenters. The molecule has 27 heavy (non-hydrogen) atoms. The highest BCUT2D eigenvalue weighted by Gasteiger charge is 2.23. The monoisotopic (exact) mass is 405 g/mol. The molecule has 9 heteroatoms. The standard InChI is InChI=1S/C18H19N3O4S2/c1-13-10-17(20-25-13)19-18(22)16-11-15(12-26-16)27(23,24)21(2)9-8-14-6-4-3-5-7-14/h3-7,10-12H,8-9H2,1-2H3,(H,19,20,22). The number of sulfonamides is 1. The molecule has 0 saturated carbocycles. The second-order valence-corrected chi connectivity index (χ2v) is 8.94. The molecule has 0 spiro atoms. The minimum atomic E-state index is -3.66. The average molecular weight is 406 g/mol. The predicted molar refractivity (Wildman–Crippen MR) is 103 cm³/mol. The molecule has 0 fully saturated rings. The fourth-order valence-electron chi connectivity index (χ4n) is 2.41. The highest BCUT2D eigenvalue weighted by Crippen LogP contribution is 2.23. The third-order valence-electron chi connectivity index (χ3n) is 3.94. The van der Waals surface area contributed by atoms with Crippen molar-refractivity contribution in [2.45, 2.75) is 18.2 Å². The van der Waals surface area contributed by atoms with E-state index in [1.54, 1.807) is 13.0 Å². The van der Waals surface area contributed by atoms with Gasteiger partial charge in [0.2, 0.25) is 10.0 Å². The minimum absolute atomic E-state index is 0.101. The van der Waals surface area contributed by atoms with Crippen LogP contribution in [0.4, 0.5) is 5.82 Å². The molecule has 0 aliphatic rings. The molecular formula is C18H19N3O4S2. The van der Waals surface area contributed by atoms with Crippen LogP contribution in [0, 0.1) is 6.92 Å². The molecule has 0 radical (unpaired) electrons. The maximum atomic E-state index is 12.7. The van der Waals surface area contributed by atoms with Crippen LogP contribution in [0.5, 0.6) is 0 Å². The number of amides is 1. The SMILES string of the molecule is Cc1cc(NC(=O)c2cc(S(=O)(=O)N(C)CCc3ccccc3)cs2)no1. The first-order chi connectivity index (χ1) is 12.9. The van der Waals surface area contributed by atoms with Gasteiger partial charge in [-0.25, -0.2) is 12.7 Å². The van der Waals surface area contributed by atoms with Crippen LogP contribution in [0.1, 0.15) is 21.0 Å². The Kier molecular flexibility index (Phi) is 5.73. The van der Waals surface area contributed by atoms with Crippen LogP contribution in [0.15, 0.2) is 57.3 Å². The van der Waals surface area contributed by atoms with Gasteiger partial charge in [0, 0.05) is 25.0 Å². The third kappa shape index (κ3) is 4.62. The van der Waals surface area contributed by atoms with Gasteiger partial charge in [0.1, 0.15) is 5.76 Å². The fourth-order valence-corrected chi connectivity index (χ4v) is 4.74. The summed E-state index contributed by atoms with van der Waals surface area (Å²) >= 11 is 1.07. The van der Waals surface area contributed by atoms with Crippen molar-refractivity contribution >= 4 is 33.1 Å². The van der Waals surface area contributed by atoms with Crippen LogP contribution in [-0.4, -0.2) is 37.4 Å². The lowest BCUT2D eigenvalue weighted by Gasteiger charge is -2.16. The van der Waals surface area contributed by atoms with E-state index >= 15 is 0 Å². The number of carbonyl (C=O) groups is 1. The quantitative estimate of drug-likeness (QED) is 0.652. The molecule has 3 rings (SSSR count). The van der Waals surface area contributed by atoms with Crippen molar-refractivity contribution in [1.29, 1.82) is 0 Å². The molecule has 2 aromatic heterocycles. The number of aryl methyl sites for hydroxylation is 1. The molecule has 0 bridgehead atoms. The van der Waals surface area contributed by atoms with Gasteiger partial charge in [-0.15, -0.1) is 11.3 Å². The van der Waals surface area contributed by atoms with Gasteiger partial charge in [0.25, 0.3) is 5.91 Å². The number of hydrogen-bond donors (Lipinski definition) is 1. The van der Waals surface area contributed by atoms with E-state index in [4.69, 9.17) is 4.52 Å². The van der Waals surface area contributed by atoms with Crippen molar-refractivity contribution < 1.29 is 17.7 Å². The van der Waals surface area contributed by atoms with E-state index in [9.17, 15) is 13.2 Å². The lowest BCUT2D eigenvalue weighted by Crippen LogP contribution is -2.28. The Balaban J connectivity index is 1.67. The van der Waals surface area contributed by atoms with Crippen LogP contribution in [-0.2, 0) is 16.4 Å². The second-order valence-electron chi connectivity index (χ2n) is 5.99. The van der Waals surface area contributed by atoms with E-state index in [0.717, 1.165) is 16.9 Å². The van der Waals surface area contributed by atoms with Crippen molar-refractivity contribution in [1.82, 2.24) is 9.46 Å². The van der Waals surface area contributed by atoms with Crippen LogP contribution < -0.4 is 5.32 Å². The Labute approximate surface area is 161 Å². The molecule has 1 amide bonds. The maximum absolute atomic E-state index is 12.7. The molecule has 3 aromatic rings. The molecule has 7 nitrogen and oxygen atoms in total. The number of benzene rings is 1. The average Bonchev–Trinajstić information content (AvgIpc) is 3.30. The van der Waals surface area contributed by atoms with Gasteiger partial charge in [-0.3, -0.25) is 4.79 Å². The van der Waals surface area contributed by atoms with Crippen LogP contribution >= 0.6 is 11.3 Å². The normalized spacial score (nSPS) is 11.7. The smallest absolute Gasteiger partial charge is 0.267 e. The summed E-state index contributed by atoms with van der Waals surface area (Å²) in [5.41, 5.74) is 1.06. The predicted octanol–water partition coefficient (Wildman–Crippen LogP) is 3.16. The second kappa shape index (κ2) is 8.03. The summed E-state index contributed by atoms with van der Waals surface area (Å²) in [5, 5.41) is 7.74. The third-order valence-corrected chi connectivity index (χ3v) is 6.85. The van der Waals surface area contributed by atoms with E-state index in [-0.39, 0.29) is 15.6 Å². The molecular weight excluding hydrogens is 386 g/mol. The fraction of sp³-hybridized carbons (Fsp3) is 0.222. The number of aromatic nitrogens is 1. The summed E-state index contributed by atoms with van der Waals surface area (Å²) in [5.74, 6) is 0.428. The summed E-state index contributed by atoms with van der Waals surface area (Å²) in [6.45, 7) is 2.06. The van der Waals surface area contributed by atoms with Gasteiger partial charge in [-0.05, 0) is 25.0 Å². The highest BCUT2D eigenvalue weighted by molar-refractivity contribution is 7.89. The summed E-state index contributed by atoms with van der Waals surface area (Å²) in [4.78, 5) is 12.6. The maximum Gasteiger partial charge on any atom is 0.267 e. The van der Waals surface area contributed by atoms with Crippen LogP contribution in [0.3, 0.4) is 0 Å². The Morgan fingerprint density at radius 1 is 1.26 bits per heavy atom. The number of hydrogen-bond acceptors (Lipinski definition) is 6. The van der Waals surface area contributed by atoms with E-state index < -0.39 is 15.9 Å². The summed E-state index contributed by atoms with van der Waals surface area (Å²) in [7, 11) is -2.13. The largest absolute Gasteiger partial charge is 0.360 e. The molecule has 0 aliphatic carbocycles. The van der Waals surface area contributed by atoms with Gasteiger partial charge >= 0.3 is 0 Å². The molecule has 142 valence electrons. The summed E-state index contributed by atoms with van der Waals surface area (Å²) in [6, 6.07) is 12.6. The van der Waals surface area contributed by atoms with Crippen molar-refractivity contribution in [3.05, 3.63) is 64.0 Å². The van der Waals surface area contributed by atoms with Crippen molar-refractivity contribution in [2.24, 2.45) is 0 Å². The van der Waals surface area contributed by atoms with Gasteiger partial charge in [-0.1, -0.05) is 35.5 Å². The van der Waals surface area contributed by atoms with Crippen LogP contribution in [0.25, 0.3) is 0 Å². The Bertz CT molecular complexity index is 1030. The molecule has 0 saturated heterocycles. The minimum Gasteiger partial charge on any atom is -0.360 e. The van der Waals surface area contributed by atoms with Crippen LogP contribution in [0.2, 0.25) is 0 Å². The lowest BCUT2D eigenvalue weighted by atomic mass is 10.2. The zero-order valence-electron chi connectivity index (χ0n) is 14.9. The van der Waals surface area contributed by atoms with Crippen molar-refractivity contribution in [2.75, 3.05) is 18.9 Å². The van der Waals surface area contributed by atoms with Gasteiger partial charge < -0.3 is 9.84 Å². The van der Waals surface area contributed by atoms with Crippen molar-refractivity contribution in [3.8, 4) is 0 Å². The number of carbonyl (C=O) groups excluding carboxylic acids is 1. The Hall–Kier alpha value is -2.49. The number of nitrogens with one attached hydrogen (secondary N) is 1. The molecule has 1 aromatic carbocycles. The van der Waals surface area contributed by atoms with Gasteiger partial charge in [0.05, 0.1) is 9.77 Å². The number of rotatable bonds is 7. The molecule has 2 heterocycles. The van der Waals surface area contributed by atoms with Gasteiger partial charge in [-0.2, -0.15) is 0 Å². The Morgan fingerprint density at radius 2 is 2.00 bits per heavy atom. The van der Waals surface area contributed by atoms with E-state index in [0.29, 0.717) is 18.7 Å². The number of thiophene rings is 1. The zero-order valence-corrected chi connectivity index (χ0v) is 16.5. The zero-order chi connectivity index (χ0) is 19.4.